The van der Waals surface area contributed by atoms with Crippen LogP contribution in [0.15, 0.2) is 55.0 Å². The van der Waals surface area contributed by atoms with E-state index in [4.69, 9.17) is 0 Å². The number of likely N-dealkylation sites (tertiary alicyclic amines) is 1. The molecule has 1 atom stereocenters. The monoisotopic (exact) mass is 375 g/mol. The number of aryl methyl sites for hydroxylation is 1. The summed E-state index contributed by atoms with van der Waals surface area (Å²) in [6.07, 6.45) is 10.6. The molecule has 1 aliphatic rings. The van der Waals surface area contributed by atoms with Gasteiger partial charge in [-0.05, 0) is 62.8 Å². The third-order valence-corrected chi connectivity index (χ3v) is 5.88. The number of carbonyl (C=O) groups is 1. The summed E-state index contributed by atoms with van der Waals surface area (Å²) in [5.74, 6) is 0.259. The van der Waals surface area contributed by atoms with Crippen LogP contribution < -0.4 is 0 Å². The maximum Gasteiger partial charge on any atom is 0.223 e. The van der Waals surface area contributed by atoms with Gasteiger partial charge in [-0.1, -0.05) is 24.3 Å². The maximum absolute atomic E-state index is 13.1. The zero-order valence-corrected chi connectivity index (χ0v) is 16.8. The Bertz CT molecular complexity index is 945. The lowest BCUT2D eigenvalue weighted by Crippen LogP contribution is -2.38. The van der Waals surface area contributed by atoms with Crippen molar-refractivity contribution in [1.82, 2.24) is 14.5 Å². The van der Waals surface area contributed by atoms with E-state index in [0.717, 1.165) is 31.4 Å². The molecule has 4 heteroatoms. The third kappa shape index (κ3) is 3.68. The van der Waals surface area contributed by atoms with Gasteiger partial charge in [-0.3, -0.25) is 9.78 Å². The Labute approximate surface area is 167 Å². The molecule has 4 rings (SSSR count). The SMILES string of the molecule is CC(C)n1cc(CCC(=O)N2CCCCC2c2cccnc2)c2ccccc21. The number of benzene rings is 1. The molecule has 4 nitrogen and oxygen atoms in total. The van der Waals surface area contributed by atoms with Crippen LogP contribution in [0.5, 0.6) is 0 Å². The van der Waals surface area contributed by atoms with E-state index in [1.54, 1.807) is 6.20 Å². The molecule has 1 aromatic carbocycles. The molecule has 3 aromatic rings. The Morgan fingerprint density at radius 3 is 2.82 bits per heavy atom. The van der Waals surface area contributed by atoms with Crippen LogP contribution in [0.4, 0.5) is 0 Å². The van der Waals surface area contributed by atoms with Crippen LogP contribution in [0.25, 0.3) is 10.9 Å². The van der Waals surface area contributed by atoms with Crippen LogP contribution >= 0.6 is 0 Å². The van der Waals surface area contributed by atoms with E-state index in [0.29, 0.717) is 12.5 Å². The highest BCUT2D eigenvalue weighted by Gasteiger charge is 2.28. The molecule has 2 aromatic heterocycles. The standard InChI is InChI=1S/C24H29N3O/c1-18(2)27-17-20(21-9-3-4-11-23(21)27)12-13-24(28)26-15-6-5-10-22(26)19-8-7-14-25-16-19/h3-4,7-9,11,14,16-18,22H,5-6,10,12-13,15H2,1-2H3. The van der Waals surface area contributed by atoms with Crippen LogP contribution in [0.2, 0.25) is 0 Å². The number of carbonyl (C=O) groups excluding carboxylic acids is 1. The molecule has 0 N–H and O–H groups in total. The largest absolute Gasteiger partial charge is 0.345 e. The summed E-state index contributed by atoms with van der Waals surface area (Å²) in [6.45, 7) is 5.26. The van der Waals surface area contributed by atoms with Crippen molar-refractivity contribution in [3.63, 3.8) is 0 Å². The number of nitrogens with zero attached hydrogens (tertiary/aromatic N) is 3. The fourth-order valence-corrected chi connectivity index (χ4v) is 4.44. The number of aromatic nitrogens is 2. The molecule has 1 fully saturated rings. The van der Waals surface area contributed by atoms with E-state index in [1.807, 2.05) is 12.3 Å². The third-order valence-electron chi connectivity index (χ3n) is 5.88. The minimum atomic E-state index is 0.173. The topological polar surface area (TPSA) is 38.1 Å². The Morgan fingerprint density at radius 2 is 2.04 bits per heavy atom. The second kappa shape index (κ2) is 8.17. The van der Waals surface area contributed by atoms with Crippen molar-refractivity contribution in [2.45, 2.75) is 58.0 Å². The van der Waals surface area contributed by atoms with Gasteiger partial charge < -0.3 is 9.47 Å². The van der Waals surface area contributed by atoms with Gasteiger partial charge in [0.15, 0.2) is 0 Å². The Balaban J connectivity index is 1.52. The van der Waals surface area contributed by atoms with Crippen molar-refractivity contribution in [2.24, 2.45) is 0 Å². The molecule has 1 saturated heterocycles. The summed E-state index contributed by atoms with van der Waals surface area (Å²) in [6, 6.07) is 13.2. The van der Waals surface area contributed by atoms with E-state index in [9.17, 15) is 4.79 Å². The quantitative estimate of drug-likeness (QED) is 0.606. The van der Waals surface area contributed by atoms with Crippen LogP contribution in [-0.4, -0.2) is 26.9 Å². The highest BCUT2D eigenvalue weighted by molar-refractivity contribution is 5.85. The lowest BCUT2D eigenvalue weighted by molar-refractivity contribution is -0.135. The van der Waals surface area contributed by atoms with Crippen LogP contribution in [-0.2, 0) is 11.2 Å². The predicted molar refractivity (Wildman–Crippen MR) is 113 cm³/mol. The van der Waals surface area contributed by atoms with Gasteiger partial charge in [0.25, 0.3) is 0 Å². The maximum atomic E-state index is 13.1. The van der Waals surface area contributed by atoms with Crippen molar-refractivity contribution in [3.05, 3.63) is 66.1 Å². The number of piperidine rings is 1. The van der Waals surface area contributed by atoms with Crippen molar-refractivity contribution in [2.75, 3.05) is 6.54 Å². The number of rotatable bonds is 5. The second-order valence-electron chi connectivity index (χ2n) is 8.06. The Hall–Kier alpha value is -2.62. The number of para-hydroxylation sites is 1. The molecule has 28 heavy (non-hydrogen) atoms. The number of amides is 1. The van der Waals surface area contributed by atoms with Crippen molar-refractivity contribution in [3.8, 4) is 0 Å². The summed E-state index contributed by atoms with van der Waals surface area (Å²) < 4.78 is 2.31. The van der Waals surface area contributed by atoms with Crippen LogP contribution in [0.1, 0.15) is 62.7 Å². The van der Waals surface area contributed by atoms with Gasteiger partial charge in [-0.25, -0.2) is 0 Å². The number of fused-ring (bicyclic) bond motifs is 1. The first-order chi connectivity index (χ1) is 13.6. The van der Waals surface area contributed by atoms with Gasteiger partial charge in [-0.15, -0.1) is 0 Å². The lowest BCUT2D eigenvalue weighted by Gasteiger charge is -2.36. The van der Waals surface area contributed by atoms with Crippen molar-refractivity contribution >= 4 is 16.8 Å². The molecule has 0 radical (unpaired) electrons. The van der Waals surface area contributed by atoms with Gasteiger partial charge in [0, 0.05) is 48.5 Å². The second-order valence-corrected chi connectivity index (χ2v) is 8.06. The minimum absolute atomic E-state index is 0.173. The fourth-order valence-electron chi connectivity index (χ4n) is 4.44. The average molecular weight is 376 g/mol. The van der Waals surface area contributed by atoms with Gasteiger partial charge in [-0.2, -0.15) is 0 Å². The lowest BCUT2D eigenvalue weighted by atomic mass is 9.95. The van der Waals surface area contributed by atoms with Gasteiger partial charge in [0.1, 0.15) is 0 Å². The smallest absolute Gasteiger partial charge is 0.223 e. The van der Waals surface area contributed by atoms with Crippen LogP contribution in [0, 0.1) is 0 Å². The molecule has 146 valence electrons. The minimum Gasteiger partial charge on any atom is -0.345 e. The molecule has 0 spiro atoms. The zero-order valence-electron chi connectivity index (χ0n) is 16.8. The van der Waals surface area contributed by atoms with Gasteiger partial charge in [0.2, 0.25) is 5.91 Å². The van der Waals surface area contributed by atoms with E-state index < -0.39 is 0 Å². The molecule has 0 bridgehead atoms. The summed E-state index contributed by atoms with van der Waals surface area (Å²) in [5, 5.41) is 1.27. The number of pyridine rings is 1. The average Bonchev–Trinajstić information content (AvgIpc) is 3.12. The predicted octanol–water partition coefficient (Wildman–Crippen LogP) is 5.30. The van der Waals surface area contributed by atoms with Gasteiger partial charge >= 0.3 is 0 Å². The summed E-state index contributed by atoms with van der Waals surface area (Å²) in [4.78, 5) is 19.5. The highest BCUT2D eigenvalue weighted by Crippen LogP contribution is 2.32. The molecular formula is C24H29N3O. The first-order valence-corrected chi connectivity index (χ1v) is 10.4. The zero-order chi connectivity index (χ0) is 19.5. The van der Waals surface area contributed by atoms with Crippen molar-refractivity contribution < 1.29 is 4.79 Å². The summed E-state index contributed by atoms with van der Waals surface area (Å²) in [7, 11) is 0. The molecule has 0 aliphatic carbocycles. The summed E-state index contributed by atoms with van der Waals surface area (Å²) in [5.41, 5.74) is 3.69. The Morgan fingerprint density at radius 1 is 1.18 bits per heavy atom. The highest BCUT2D eigenvalue weighted by atomic mass is 16.2. The molecular weight excluding hydrogens is 346 g/mol. The molecule has 3 heterocycles. The number of hydrogen-bond donors (Lipinski definition) is 0. The van der Waals surface area contributed by atoms with Gasteiger partial charge in [0.05, 0.1) is 6.04 Å². The molecule has 1 amide bonds. The van der Waals surface area contributed by atoms with E-state index in [2.05, 4.69) is 64.8 Å². The summed E-state index contributed by atoms with van der Waals surface area (Å²) >= 11 is 0. The van der Waals surface area contributed by atoms with Crippen molar-refractivity contribution in [1.29, 1.82) is 0 Å². The fraction of sp³-hybridized carbons (Fsp3) is 0.417. The molecule has 1 aliphatic heterocycles. The number of hydrogen-bond acceptors (Lipinski definition) is 2. The first kappa shape index (κ1) is 18.7. The van der Waals surface area contributed by atoms with Crippen LogP contribution in [0.3, 0.4) is 0 Å². The normalized spacial score (nSPS) is 17.4. The van der Waals surface area contributed by atoms with E-state index >= 15 is 0 Å². The molecule has 1 unspecified atom stereocenters. The van der Waals surface area contributed by atoms with E-state index in [-0.39, 0.29) is 11.9 Å². The molecule has 0 saturated carbocycles. The first-order valence-electron chi connectivity index (χ1n) is 10.4. The Kier molecular flexibility index (Phi) is 5.47. The van der Waals surface area contributed by atoms with E-state index in [1.165, 1.54) is 22.9 Å².